The summed E-state index contributed by atoms with van der Waals surface area (Å²) in [6.45, 7) is 1.03. The molecule has 2 N–H and O–H groups in total. The second kappa shape index (κ2) is 11.4. The summed E-state index contributed by atoms with van der Waals surface area (Å²) in [5.74, 6) is -0.818. The molecule has 8 heteroatoms. The lowest BCUT2D eigenvalue weighted by Gasteiger charge is -2.08. The summed E-state index contributed by atoms with van der Waals surface area (Å²) < 4.78 is 9.99. The highest BCUT2D eigenvalue weighted by Crippen LogP contribution is 2.16. The van der Waals surface area contributed by atoms with Crippen LogP contribution in [0.5, 0.6) is 5.75 Å². The molecule has 0 spiro atoms. The van der Waals surface area contributed by atoms with Crippen LogP contribution in [0.4, 0.5) is 11.4 Å². The predicted octanol–water partition coefficient (Wildman–Crippen LogP) is 3.19. The third kappa shape index (κ3) is 7.75. The molecule has 0 aliphatic rings. The van der Waals surface area contributed by atoms with Gasteiger partial charge < -0.3 is 20.1 Å². The van der Waals surface area contributed by atoms with Crippen LogP contribution < -0.4 is 15.4 Å². The number of nitrogens with one attached hydrogen (secondary N) is 2. The Bertz CT molecular complexity index is 925. The highest BCUT2D eigenvalue weighted by atomic mass is 16.5. The topological polar surface area (TPSA) is 111 Å². The summed E-state index contributed by atoms with van der Waals surface area (Å²) in [5, 5.41) is 5.28. The van der Waals surface area contributed by atoms with Gasteiger partial charge in [0.15, 0.2) is 12.4 Å². The Morgan fingerprint density at radius 2 is 1.53 bits per heavy atom. The van der Waals surface area contributed by atoms with E-state index in [1.807, 2.05) is 0 Å². The highest BCUT2D eigenvalue weighted by molar-refractivity contribution is 5.97. The number of anilines is 2. The van der Waals surface area contributed by atoms with Crippen LogP contribution in [-0.2, 0) is 19.1 Å². The molecule has 2 rings (SSSR count). The van der Waals surface area contributed by atoms with Crippen LogP contribution in [0.15, 0.2) is 48.5 Å². The lowest BCUT2D eigenvalue weighted by atomic mass is 10.1. The molecule has 0 bridgehead atoms. The molecular formula is C22H24N2O6. The molecule has 0 atom stereocenters. The van der Waals surface area contributed by atoms with Gasteiger partial charge in [-0.3, -0.25) is 19.2 Å². The van der Waals surface area contributed by atoms with Gasteiger partial charge in [0.25, 0.3) is 5.91 Å². The Morgan fingerprint density at radius 3 is 2.23 bits per heavy atom. The first-order valence-electron chi connectivity index (χ1n) is 9.38. The summed E-state index contributed by atoms with van der Waals surface area (Å²) in [6.07, 6.45) is 0.386. The Morgan fingerprint density at radius 1 is 0.867 bits per heavy atom. The van der Waals surface area contributed by atoms with Gasteiger partial charge in [-0.25, -0.2) is 0 Å². The van der Waals surface area contributed by atoms with Gasteiger partial charge >= 0.3 is 5.97 Å². The van der Waals surface area contributed by atoms with Crippen LogP contribution in [0.2, 0.25) is 0 Å². The minimum absolute atomic E-state index is 0.00729. The smallest absolute Gasteiger partial charge is 0.306 e. The minimum atomic E-state index is -0.567. The summed E-state index contributed by atoms with van der Waals surface area (Å²) >= 11 is 0. The molecule has 0 unspecified atom stereocenters. The predicted molar refractivity (Wildman–Crippen MR) is 112 cm³/mol. The number of esters is 1. The summed E-state index contributed by atoms with van der Waals surface area (Å²) in [7, 11) is 1.52. The van der Waals surface area contributed by atoms with E-state index in [1.54, 1.807) is 48.5 Å². The minimum Gasteiger partial charge on any atom is -0.497 e. The molecule has 8 nitrogen and oxygen atoms in total. The average molecular weight is 412 g/mol. The Labute approximate surface area is 174 Å². The van der Waals surface area contributed by atoms with Gasteiger partial charge in [0.2, 0.25) is 5.91 Å². The van der Waals surface area contributed by atoms with Crippen LogP contribution in [0.3, 0.4) is 0 Å². The zero-order valence-corrected chi connectivity index (χ0v) is 16.9. The standard InChI is InChI=1S/C22H24N2O6/c1-15(25)16-6-3-7-17(12-16)23-20(26)10-5-11-22(28)30-14-21(27)24-18-8-4-9-19(13-18)29-2/h3-4,6-9,12-13H,5,10-11,14H2,1-2H3,(H,23,26)(H,24,27). The van der Waals surface area contributed by atoms with Gasteiger partial charge in [-0.2, -0.15) is 0 Å². The van der Waals surface area contributed by atoms with E-state index >= 15 is 0 Å². The number of rotatable bonds is 10. The molecular weight excluding hydrogens is 388 g/mol. The number of Topliss-reactive ketones (excluding diaryl/α,β-unsaturated/α-hetero) is 1. The maximum absolute atomic E-state index is 12.0. The molecule has 0 aliphatic carbocycles. The second-order valence-corrected chi connectivity index (χ2v) is 6.48. The number of hydrogen-bond acceptors (Lipinski definition) is 6. The fourth-order valence-electron chi connectivity index (χ4n) is 2.55. The second-order valence-electron chi connectivity index (χ2n) is 6.48. The third-order valence-electron chi connectivity index (χ3n) is 4.06. The van der Waals surface area contributed by atoms with Crippen molar-refractivity contribution in [3.63, 3.8) is 0 Å². The van der Waals surface area contributed by atoms with Crippen LogP contribution >= 0.6 is 0 Å². The number of hydrogen-bond donors (Lipinski definition) is 2. The monoisotopic (exact) mass is 412 g/mol. The molecule has 158 valence electrons. The summed E-state index contributed by atoms with van der Waals surface area (Å²) in [5.41, 5.74) is 1.55. The van der Waals surface area contributed by atoms with Gasteiger partial charge in [0.1, 0.15) is 5.75 Å². The van der Waals surface area contributed by atoms with E-state index in [-0.39, 0.29) is 31.0 Å². The molecule has 2 aromatic rings. The SMILES string of the molecule is COc1cccc(NC(=O)COC(=O)CCCC(=O)Nc2cccc(C(C)=O)c2)c1. The Balaban J connectivity index is 1.66. The lowest BCUT2D eigenvalue weighted by molar-refractivity contribution is -0.147. The molecule has 0 radical (unpaired) electrons. The first kappa shape index (κ1) is 22.6. The zero-order valence-electron chi connectivity index (χ0n) is 16.9. The van der Waals surface area contributed by atoms with Gasteiger partial charge in [0, 0.05) is 35.8 Å². The average Bonchev–Trinajstić information content (AvgIpc) is 2.72. The first-order valence-corrected chi connectivity index (χ1v) is 9.38. The van der Waals surface area contributed by atoms with E-state index in [1.165, 1.54) is 14.0 Å². The van der Waals surface area contributed by atoms with Crippen molar-refractivity contribution in [2.24, 2.45) is 0 Å². The number of amides is 2. The molecule has 0 aromatic heterocycles. The van der Waals surface area contributed by atoms with Gasteiger partial charge in [-0.15, -0.1) is 0 Å². The Hall–Kier alpha value is -3.68. The molecule has 0 fully saturated rings. The Kier molecular flexibility index (Phi) is 8.56. The maximum atomic E-state index is 12.0. The highest BCUT2D eigenvalue weighted by Gasteiger charge is 2.10. The van der Waals surface area contributed by atoms with Gasteiger partial charge in [0.05, 0.1) is 7.11 Å². The zero-order chi connectivity index (χ0) is 21.9. The van der Waals surface area contributed by atoms with Crippen molar-refractivity contribution in [3.8, 4) is 5.75 Å². The fraction of sp³-hybridized carbons (Fsp3) is 0.273. The number of carbonyl (C=O) groups is 4. The lowest BCUT2D eigenvalue weighted by Crippen LogP contribution is -2.21. The number of ketones is 1. The normalized spacial score (nSPS) is 10.1. The molecule has 0 saturated heterocycles. The van der Waals surface area contributed by atoms with Crippen molar-refractivity contribution in [1.82, 2.24) is 0 Å². The van der Waals surface area contributed by atoms with E-state index in [0.717, 1.165) is 0 Å². The first-order chi connectivity index (χ1) is 14.4. The molecule has 2 aromatic carbocycles. The van der Waals surface area contributed by atoms with Crippen LogP contribution in [0.25, 0.3) is 0 Å². The van der Waals surface area contributed by atoms with E-state index in [9.17, 15) is 19.2 Å². The molecule has 0 saturated carbocycles. The molecule has 2 amide bonds. The van der Waals surface area contributed by atoms with Crippen LogP contribution in [-0.4, -0.2) is 37.3 Å². The number of benzene rings is 2. The van der Waals surface area contributed by atoms with Crippen molar-refractivity contribution in [3.05, 3.63) is 54.1 Å². The summed E-state index contributed by atoms with van der Waals surface area (Å²) in [4.78, 5) is 47.0. The van der Waals surface area contributed by atoms with E-state index in [2.05, 4.69) is 10.6 Å². The number of ether oxygens (including phenoxy) is 2. The van der Waals surface area contributed by atoms with Crippen LogP contribution in [0, 0.1) is 0 Å². The van der Waals surface area contributed by atoms with E-state index in [4.69, 9.17) is 9.47 Å². The van der Waals surface area contributed by atoms with Crippen molar-refractivity contribution in [2.75, 3.05) is 24.4 Å². The molecule has 30 heavy (non-hydrogen) atoms. The van der Waals surface area contributed by atoms with Crippen molar-refractivity contribution < 1.29 is 28.7 Å². The van der Waals surface area contributed by atoms with E-state index in [0.29, 0.717) is 22.7 Å². The number of methoxy groups -OCH3 is 1. The van der Waals surface area contributed by atoms with Crippen molar-refractivity contribution >= 4 is 34.9 Å². The van der Waals surface area contributed by atoms with E-state index < -0.39 is 18.5 Å². The summed E-state index contributed by atoms with van der Waals surface area (Å²) in [6, 6.07) is 13.4. The molecule has 0 aliphatic heterocycles. The van der Waals surface area contributed by atoms with Crippen LogP contribution in [0.1, 0.15) is 36.5 Å². The largest absolute Gasteiger partial charge is 0.497 e. The van der Waals surface area contributed by atoms with Gasteiger partial charge in [-0.1, -0.05) is 18.2 Å². The quantitative estimate of drug-likeness (QED) is 0.458. The maximum Gasteiger partial charge on any atom is 0.306 e. The molecule has 0 heterocycles. The number of carbonyl (C=O) groups excluding carboxylic acids is 4. The van der Waals surface area contributed by atoms with Gasteiger partial charge in [-0.05, 0) is 37.6 Å². The fourth-order valence-corrected chi connectivity index (χ4v) is 2.55. The van der Waals surface area contributed by atoms with Crippen molar-refractivity contribution in [2.45, 2.75) is 26.2 Å². The van der Waals surface area contributed by atoms with Crippen molar-refractivity contribution in [1.29, 1.82) is 0 Å². The third-order valence-corrected chi connectivity index (χ3v) is 4.06.